The number of piperidine rings is 1. The standard InChI is InChI=1S/C25H28N2O2/c1-25(2)22-15-23(25)20(21(16-26)24(28)29)14-18(22)9-6-17-7-10-19(11-8-17)27-12-4-3-5-13-27/h6-11,14,22-23H,3-5,12-13,15H2,1-2H3,(H,28,29). The summed E-state index contributed by atoms with van der Waals surface area (Å²) in [5, 5.41) is 18.8. The molecule has 150 valence electrons. The van der Waals surface area contributed by atoms with E-state index in [4.69, 9.17) is 0 Å². The van der Waals surface area contributed by atoms with E-state index in [9.17, 15) is 15.2 Å². The second-order valence-corrected chi connectivity index (χ2v) is 9.03. The maximum absolute atomic E-state index is 11.5. The van der Waals surface area contributed by atoms with Gasteiger partial charge in [-0.2, -0.15) is 5.26 Å². The van der Waals surface area contributed by atoms with E-state index in [0.717, 1.165) is 30.6 Å². The summed E-state index contributed by atoms with van der Waals surface area (Å²) in [5.41, 5.74) is 4.11. The molecule has 2 atom stereocenters. The van der Waals surface area contributed by atoms with Gasteiger partial charge in [-0.1, -0.05) is 44.2 Å². The average Bonchev–Trinajstić information content (AvgIpc) is 2.73. The highest BCUT2D eigenvalue weighted by Crippen LogP contribution is 2.61. The molecule has 4 heteroatoms. The lowest BCUT2D eigenvalue weighted by atomic mass is 9.47. The minimum Gasteiger partial charge on any atom is -0.477 e. The van der Waals surface area contributed by atoms with Crippen molar-refractivity contribution in [3.05, 3.63) is 58.7 Å². The smallest absolute Gasteiger partial charge is 0.346 e. The number of fused-ring (bicyclic) bond motifs is 1. The van der Waals surface area contributed by atoms with Gasteiger partial charge in [-0.3, -0.25) is 0 Å². The normalized spacial score (nSPS) is 27.1. The van der Waals surface area contributed by atoms with Crippen molar-refractivity contribution in [2.75, 3.05) is 18.0 Å². The summed E-state index contributed by atoms with van der Waals surface area (Å²) in [6.07, 6.45) is 10.9. The number of carbonyl (C=O) groups is 1. The Morgan fingerprint density at radius 1 is 1.14 bits per heavy atom. The van der Waals surface area contributed by atoms with Gasteiger partial charge in [0.1, 0.15) is 11.6 Å². The molecular formula is C25H28N2O2. The van der Waals surface area contributed by atoms with E-state index in [1.54, 1.807) is 0 Å². The first-order valence-electron chi connectivity index (χ1n) is 10.5. The Labute approximate surface area is 172 Å². The van der Waals surface area contributed by atoms with E-state index in [1.807, 2.05) is 12.1 Å². The lowest BCUT2D eigenvalue weighted by Crippen LogP contribution is -2.49. The number of aliphatic carboxylic acids is 1. The molecule has 5 rings (SSSR count). The molecule has 4 aliphatic rings. The van der Waals surface area contributed by atoms with Gasteiger partial charge in [0.25, 0.3) is 0 Å². The van der Waals surface area contributed by atoms with E-state index in [-0.39, 0.29) is 16.9 Å². The molecular weight excluding hydrogens is 360 g/mol. The number of nitriles is 1. The average molecular weight is 389 g/mol. The van der Waals surface area contributed by atoms with Crippen molar-refractivity contribution in [3.8, 4) is 6.07 Å². The molecule has 29 heavy (non-hydrogen) atoms. The van der Waals surface area contributed by atoms with Crippen molar-refractivity contribution in [2.24, 2.45) is 17.3 Å². The van der Waals surface area contributed by atoms with Crippen LogP contribution in [-0.4, -0.2) is 24.2 Å². The third-order valence-electron chi connectivity index (χ3n) is 7.06. The molecule has 0 radical (unpaired) electrons. The first-order valence-corrected chi connectivity index (χ1v) is 10.5. The third kappa shape index (κ3) is 3.51. The topological polar surface area (TPSA) is 64.3 Å². The van der Waals surface area contributed by atoms with Crippen molar-refractivity contribution in [1.29, 1.82) is 5.26 Å². The Kier molecular flexibility index (Phi) is 5.08. The van der Waals surface area contributed by atoms with Crippen LogP contribution in [0.2, 0.25) is 0 Å². The summed E-state index contributed by atoms with van der Waals surface area (Å²) in [6, 6.07) is 10.6. The van der Waals surface area contributed by atoms with Gasteiger partial charge in [-0.25, -0.2) is 4.79 Å². The molecule has 0 amide bonds. The molecule has 0 aromatic heterocycles. The predicted molar refractivity (Wildman–Crippen MR) is 115 cm³/mol. The number of allylic oxidation sites excluding steroid dienone is 4. The lowest BCUT2D eigenvalue weighted by Gasteiger charge is -2.57. The van der Waals surface area contributed by atoms with Crippen LogP contribution in [0.25, 0.3) is 6.08 Å². The number of carboxylic acids is 1. The van der Waals surface area contributed by atoms with Crippen LogP contribution in [-0.2, 0) is 4.79 Å². The Bertz CT molecular complexity index is 938. The molecule has 0 spiro atoms. The first-order chi connectivity index (χ1) is 13.9. The summed E-state index contributed by atoms with van der Waals surface area (Å²) in [5.74, 6) is -0.565. The second kappa shape index (κ2) is 7.55. The summed E-state index contributed by atoms with van der Waals surface area (Å²) in [7, 11) is 0. The molecule has 1 aromatic carbocycles. The minimum atomic E-state index is -1.13. The van der Waals surface area contributed by atoms with E-state index in [1.165, 1.54) is 24.9 Å². The van der Waals surface area contributed by atoms with E-state index in [0.29, 0.717) is 11.5 Å². The van der Waals surface area contributed by atoms with Crippen LogP contribution in [0.15, 0.2) is 53.1 Å². The molecule has 1 saturated heterocycles. The molecule has 2 bridgehead atoms. The van der Waals surface area contributed by atoms with Gasteiger partial charge in [0, 0.05) is 18.8 Å². The van der Waals surface area contributed by atoms with Crippen molar-refractivity contribution in [1.82, 2.24) is 0 Å². The molecule has 1 heterocycles. The highest BCUT2D eigenvalue weighted by Gasteiger charge is 2.53. The van der Waals surface area contributed by atoms with Crippen LogP contribution in [0, 0.1) is 28.6 Å². The molecule has 2 unspecified atom stereocenters. The van der Waals surface area contributed by atoms with Gasteiger partial charge >= 0.3 is 5.97 Å². The van der Waals surface area contributed by atoms with E-state index in [2.05, 4.69) is 55.2 Å². The highest BCUT2D eigenvalue weighted by molar-refractivity contribution is 5.93. The molecule has 1 aliphatic heterocycles. The maximum Gasteiger partial charge on any atom is 0.346 e. The van der Waals surface area contributed by atoms with Crippen LogP contribution in [0.3, 0.4) is 0 Å². The Morgan fingerprint density at radius 3 is 2.41 bits per heavy atom. The van der Waals surface area contributed by atoms with Crippen LogP contribution >= 0.6 is 0 Å². The molecule has 2 fully saturated rings. The number of hydrogen-bond donors (Lipinski definition) is 1. The number of anilines is 1. The molecule has 1 saturated carbocycles. The molecule has 1 aromatic rings. The SMILES string of the molecule is CC1(C)C2CC1C(=C(C#N)C(=O)O)C=C2C=Cc1ccc(N2CCCCC2)cc1. The number of nitrogens with zero attached hydrogens (tertiary/aromatic N) is 2. The van der Waals surface area contributed by atoms with Gasteiger partial charge in [-0.05, 0) is 71.8 Å². The number of hydrogen-bond acceptors (Lipinski definition) is 3. The van der Waals surface area contributed by atoms with Crippen molar-refractivity contribution >= 4 is 17.7 Å². The zero-order valence-electron chi connectivity index (χ0n) is 17.2. The fraction of sp³-hybridized carbons (Fsp3) is 0.440. The summed E-state index contributed by atoms with van der Waals surface area (Å²) in [6.45, 7) is 6.63. The van der Waals surface area contributed by atoms with Crippen molar-refractivity contribution in [2.45, 2.75) is 39.5 Å². The van der Waals surface area contributed by atoms with Crippen LogP contribution in [0.4, 0.5) is 5.69 Å². The van der Waals surface area contributed by atoms with Crippen LogP contribution in [0.5, 0.6) is 0 Å². The molecule has 1 N–H and O–H groups in total. The monoisotopic (exact) mass is 388 g/mol. The number of rotatable bonds is 4. The highest BCUT2D eigenvalue weighted by atomic mass is 16.4. The first kappa shape index (κ1) is 19.5. The predicted octanol–water partition coefficient (Wildman–Crippen LogP) is 5.20. The summed E-state index contributed by atoms with van der Waals surface area (Å²) in [4.78, 5) is 14.0. The minimum absolute atomic E-state index is 0.0145. The van der Waals surface area contributed by atoms with Crippen molar-refractivity contribution < 1.29 is 9.90 Å². The quantitative estimate of drug-likeness (QED) is 0.569. The van der Waals surface area contributed by atoms with E-state index < -0.39 is 5.97 Å². The number of carboxylic acid groups (broad SMARTS) is 1. The van der Waals surface area contributed by atoms with Gasteiger partial charge in [0.05, 0.1) is 0 Å². The van der Waals surface area contributed by atoms with Crippen LogP contribution in [0.1, 0.15) is 45.1 Å². The maximum atomic E-state index is 11.5. The van der Waals surface area contributed by atoms with Gasteiger partial charge in [0.15, 0.2) is 0 Å². The Balaban J connectivity index is 1.58. The second-order valence-electron chi connectivity index (χ2n) is 9.03. The Hall–Kier alpha value is -2.80. The molecule has 4 nitrogen and oxygen atoms in total. The van der Waals surface area contributed by atoms with Crippen molar-refractivity contribution in [3.63, 3.8) is 0 Å². The van der Waals surface area contributed by atoms with Gasteiger partial charge in [-0.15, -0.1) is 0 Å². The third-order valence-corrected chi connectivity index (χ3v) is 7.06. The van der Waals surface area contributed by atoms with E-state index >= 15 is 0 Å². The van der Waals surface area contributed by atoms with Gasteiger partial charge < -0.3 is 10.0 Å². The summed E-state index contributed by atoms with van der Waals surface area (Å²) >= 11 is 0. The fourth-order valence-electron chi connectivity index (χ4n) is 5.19. The van der Waals surface area contributed by atoms with Gasteiger partial charge in [0.2, 0.25) is 0 Å². The molecule has 3 aliphatic carbocycles. The zero-order valence-corrected chi connectivity index (χ0v) is 17.2. The zero-order chi connectivity index (χ0) is 20.6. The lowest BCUT2D eigenvalue weighted by molar-refractivity contribution is -0.132. The Morgan fingerprint density at radius 2 is 1.83 bits per heavy atom. The largest absolute Gasteiger partial charge is 0.477 e. The number of benzene rings is 1. The van der Waals surface area contributed by atoms with Crippen LogP contribution < -0.4 is 4.90 Å². The summed E-state index contributed by atoms with van der Waals surface area (Å²) < 4.78 is 0. The fourth-order valence-corrected chi connectivity index (χ4v) is 5.19.